The minimum Gasteiger partial charge on any atom is -0.218 e. The lowest BCUT2D eigenvalue weighted by Crippen LogP contribution is -1.89. The summed E-state index contributed by atoms with van der Waals surface area (Å²) in [5.74, 6) is 2.19. The molecule has 1 aromatic rings. The summed E-state index contributed by atoms with van der Waals surface area (Å²) in [5, 5.41) is 0. The molecule has 0 fully saturated rings. The fourth-order valence-corrected chi connectivity index (χ4v) is 3.32. The van der Waals surface area contributed by atoms with E-state index >= 15 is 0 Å². The van der Waals surface area contributed by atoms with Crippen molar-refractivity contribution in [3.63, 3.8) is 0 Å². The van der Waals surface area contributed by atoms with Gasteiger partial charge in [-0.25, -0.2) is 4.42 Å². The van der Waals surface area contributed by atoms with Crippen molar-refractivity contribution < 1.29 is 4.42 Å². The predicted molar refractivity (Wildman–Crippen MR) is 102 cm³/mol. The van der Waals surface area contributed by atoms with Crippen molar-refractivity contribution >= 4 is 0 Å². The highest BCUT2D eigenvalue weighted by Crippen LogP contribution is 2.15. The zero-order valence-corrected chi connectivity index (χ0v) is 16.0. The van der Waals surface area contributed by atoms with Crippen LogP contribution in [0.2, 0.25) is 0 Å². The van der Waals surface area contributed by atoms with Crippen LogP contribution in [0.5, 0.6) is 0 Å². The number of hydrogen-bond acceptors (Lipinski definition) is 0. The standard InChI is InChI=1S/C22H39O/c1-4-5-6-7-8-9-10-11-12-13-14-15-16-17-22-19-20(2)18-21(3)23-22/h18-19H,4-17H2,1-3H3/q+1. The molecule has 1 rings (SSSR count). The maximum Gasteiger partial charge on any atom is 0.329 e. The molecule has 0 unspecified atom stereocenters. The third-order valence-corrected chi connectivity index (χ3v) is 4.64. The molecule has 1 nitrogen and oxygen atoms in total. The molecule has 1 heterocycles. The number of unbranched alkanes of at least 4 members (excludes halogenated alkanes) is 12. The summed E-state index contributed by atoms with van der Waals surface area (Å²) in [5.41, 5.74) is 1.32. The summed E-state index contributed by atoms with van der Waals surface area (Å²) in [4.78, 5) is 0. The molecular formula is C22H39O+. The molecule has 1 aromatic heterocycles. The molecule has 0 aliphatic rings. The van der Waals surface area contributed by atoms with E-state index in [2.05, 4.69) is 26.0 Å². The molecule has 0 saturated carbocycles. The summed E-state index contributed by atoms with van der Waals surface area (Å²) in [7, 11) is 0. The Kier molecular flexibility index (Phi) is 11.9. The van der Waals surface area contributed by atoms with Crippen molar-refractivity contribution in [2.75, 3.05) is 0 Å². The van der Waals surface area contributed by atoms with Crippen molar-refractivity contribution in [3.05, 3.63) is 29.2 Å². The molecule has 0 aromatic carbocycles. The monoisotopic (exact) mass is 319 g/mol. The molecule has 0 amide bonds. The first-order valence-corrected chi connectivity index (χ1v) is 10.1. The van der Waals surface area contributed by atoms with Crippen LogP contribution in [0.3, 0.4) is 0 Å². The molecule has 132 valence electrons. The summed E-state index contributed by atoms with van der Waals surface area (Å²) >= 11 is 0. The first-order chi connectivity index (χ1) is 11.2. The lowest BCUT2D eigenvalue weighted by Gasteiger charge is -2.02. The smallest absolute Gasteiger partial charge is 0.218 e. The van der Waals surface area contributed by atoms with Gasteiger partial charge in [0.25, 0.3) is 0 Å². The largest absolute Gasteiger partial charge is 0.329 e. The maximum absolute atomic E-state index is 5.77. The van der Waals surface area contributed by atoms with E-state index in [4.69, 9.17) is 4.42 Å². The Morgan fingerprint density at radius 2 is 1.13 bits per heavy atom. The van der Waals surface area contributed by atoms with Crippen molar-refractivity contribution in [1.82, 2.24) is 0 Å². The Bertz CT molecular complexity index is 377. The molecule has 0 aliphatic heterocycles. The fourth-order valence-electron chi connectivity index (χ4n) is 3.32. The Morgan fingerprint density at radius 3 is 1.61 bits per heavy atom. The molecule has 23 heavy (non-hydrogen) atoms. The lowest BCUT2D eigenvalue weighted by molar-refractivity contribution is 0.451. The van der Waals surface area contributed by atoms with Crippen LogP contribution in [0.1, 0.15) is 107 Å². The van der Waals surface area contributed by atoms with E-state index in [1.165, 1.54) is 89.0 Å². The summed E-state index contributed by atoms with van der Waals surface area (Å²) < 4.78 is 5.77. The lowest BCUT2D eigenvalue weighted by atomic mass is 10.0. The van der Waals surface area contributed by atoms with Gasteiger partial charge in [0, 0.05) is 12.1 Å². The van der Waals surface area contributed by atoms with Gasteiger partial charge in [-0.15, -0.1) is 0 Å². The van der Waals surface area contributed by atoms with Gasteiger partial charge in [-0.3, -0.25) is 0 Å². The van der Waals surface area contributed by atoms with Crippen LogP contribution in [-0.4, -0.2) is 0 Å². The van der Waals surface area contributed by atoms with Crippen molar-refractivity contribution in [3.8, 4) is 0 Å². The second-order valence-corrected chi connectivity index (χ2v) is 7.20. The fraction of sp³-hybridized carbons (Fsp3) is 0.773. The van der Waals surface area contributed by atoms with Crippen molar-refractivity contribution in [2.24, 2.45) is 0 Å². The molecule has 0 N–H and O–H groups in total. The third-order valence-electron chi connectivity index (χ3n) is 4.64. The highest BCUT2D eigenvalue weighted by Gasteiger charge is 2.10. The molecular weight excluding hydrogens is 280 g/mol. The normalized spacial score (nSPS) is 11.1. The van der Waals surface area contributed by atoms with Crippen LogP contribution < -0.4 is 0 Å². The minimum absolute atomic E-state index is 1.04. The van der Waals surface area contributed by atoms with E-state index in [9.17, 15) is 0 Å². The van der Waals surface area contributed by atoms with Gasteiger partial charge in [-0.1, -0.05) is 84.0 Å². The van der Waals surface area contributed by atoms with Gasteiger partial charge in [0.05, 0.1) is 13.3 Å². The highest BCUT2D eigenvalue weighted by atomic mass is 16.3. The molecule has 0 aliphatic carbocycles. The first kappa shape index (κ1) is 20.2. The topological polar surface area (TPSA) is 11.3 Å². The van der Waals surface area contributed by atoms with E-state index < -0.39 is 0 Å². The number of rotatable bonds is 14. The molecule has 1 heteroatoms. The van der Waals surface area contributed by atoms with Gasteiger partial charge < -0.3 is 0 Å². The number of aryl methyl sites for hydroxylation is 3. The molecule has 0 atom stereocenters. The van der Waals surface area contributed by atoms with Crippen LogP contribution >= 0.6 is 0 Å². The van der Waals surface area contributed by atoms with Gasteiger partial charge in [0.1, 0.15) is 0 Å². The summed E-state index contributed by atoms with van der Waals surface area (Å²) in [6, 6.07) is 4.29. The zero-order chi connectivity index (χ0) is 16.8. The minimum atomic E-state index is 1.04. The van der Waals surface area contributed by atoms with Crippen LogP contribution in [0.4, 0.5) is 0 Å². The Morgan fingerprint density at radius 1 is 0.652 bits per heavy atom. The van der Waals surface area contributed by atoms with Gasteiger partial charge in [-0.05, 0) is 18.9 Å². The zero-order valence-electron chi connectivity index (χ0n) is 16.0. The third kappa shape index (κ3) is 11.3. The van der Waals surface area contributed by atoms with Crippen molar-refractivity contribution in [2.45, 2.75) is 111 Å². The summed E-state index contributed by atoms with van der Waals surface area (Å²) in [6.45, 7) is 6.48. The Hall–Kier alpha value is -0.850. The maximum atomic E-state index is 5.77. The average Bonchev–Trinajstić information content (AvgIpc) is 2.51. The second-order valence-electron chi connectivity index (χ2n) is 7.20. The first-order valence-electron chi connectivity index (χ1n) is 10.1. The van der Waals surface area contributed by atoms with Crippen LogP contribution in [0.25, 0.3) is 0 Å². The molecule has 0 spiro atoms. The van der Waals surface area contributed by atoms with E-state index in [-0.39, 0.29) is 0 Å². The second kappa shape index (κ2) is 13.6. The van der Waals surface area contributed by atoms with Gasteiger partial charge in [0.2, 0.25) is 0 Å². The van der Waals surface area contributed by atoms with E-state index in [0.29, 0.717) is 0 Å². The predicted octanol–water partition coefficient (Wildman–Crippen LogP) is 7.81. The summed E-state index contributed by atoms with van der Waals surface area (Å²) in [6.07, 6.45) is 19.5. The van der Waals surface area contributed by atoms with Crippen molar-refractivity contribution in [1.29, 1.82) is 0 Å². The van der Waals surface area contributed by atoms with Crippen LogP contribution in [0.15, 0.2) is 16.5 Å². The van der Waals surface area contributed by atoms with Gasteiger partial charge >= 0.3 is 11.5 Å². The Labute approximate surface area is 144 Å². The van der Waals surface area contributed by atoms with E-state index in [1.807, 2.05) is 6.92 Å². The van der Waals surface area contributed by atoms with Crippen LogP contribution in [-0.2, 0) is 6.42 Å². The SMILES string of the molecule is CCCCCCCCCCCCCCCc1cc(C)cc(C)[o+]1. The van der Waals surface area contributed by atoms with Gasteiger partial charge in [-0.2, -0.15) is 0 Å². The van der Waals surface area contributed by atoms with Gasteiger partial charge in [0.15, 0.2) is 0 Å². The Balaban J connectivity index is 1.86. The average molecular weight is 320 g/mol. The van der Waals surface area contributed by atoms with Crippen LogP contribution in [0, 0.1) is 13.8 Å². The number of hydrogen-bond donors (Lipinski definition) is 0. The molecule has 0 bridgehead atoms. The molecule has 0 radical (unpaired) electrons. The molecule has 0 saturated heterocycles. The van der Waals surface area contributed by atoms with E-state index in [1.54, 1.807) is 0 Å². The quantitative estimate of drug-likeness (QED) is 0.251. The highest BCUT2D eigenvalue weighted by molar-refractivity contribution is 5.15. The van der Waals surface area contributed by atoms with E-state index in [0.717, 1.165) is 17.9 Å².